The zero-order valence-corrected chi connectivity index (χ0v) is 21.6. The Morgan fingerprint density at radius 1 is 1.00 bits per heavy atom. The lowest BCUT2D eigenvalue weighted by Crippen LogP contribution is -2.59. The molecule has 1 saturated carbocycles. The van der Waals surface area contributed by atoms with Crippen LogP contribution in [0.3, 0.4) is 0 Å². The highest BCUT2D eigenvalue weighted by atomic mass is 35.5. The SMILES string of the molecule is O=S(=O)(NC[C@@H]1OCC[C@@]2(S(=O)(=O)c3ccc(Cl)cc3)c3c(F)ccc(F)c3OC[C@@H]12)C1CCCC1. The van der Waals surface area contributed by atoms with E-state index < -0.39 is 59.3 Å². The number of hydrogen-bond donors (Lipinski definition) is 1. The Labute approximate surface area is 214 Å². The summed E-state index contributed by atoms with van der Waals surface area (Å²) in [5.41, 5.74) is -0.388. The van der Waals surface area contributed by atoms with Gasteiger partial charge in [-0.1, -0.05) is 24.4 Å². The van der Waals surface area contributed by atoms with Gasteiger partial charge in [0.2, 0.25) is 10.0 Å². The number of ether oxygens (including phenoxy) is 2. The number of rotatable bonds is 6. The third-order valence-corrected chi connectivity index (χ3v) is 12.3. The molecule has 12 heteroatoms. The minimum atomic E-state index is -4.36. The molecular formula is C24H26ClF2NO6S2. The minimum absolute atomic E-state index is 0.103. The minimum Gasteiger partial charge on any atom is -0.490 e. The molecule has 0 spiro atoms. The molecule has 196 valence electrons. The maximum absolute atomic E-state index is 15.4. The number of halogens is 3. The molecule has 0 unspecified atom stereocenters. The molecule has 0 aromatic heterocycles. The lowest BCUT2D eigenvalue weighted by Gasteiger charge is -2.50. The van der Waals surface area contributed by atoms with E-state index >= 15 is 4.39 Å². The highest BCUT2D eigenvalue weighted by molar-refractivity contribution is 7.92. The Morgan fingerprint density at radius 2 is 1.67 bits per heavy atom. The average molecular weight is 562 g/mol. The third-order valence-electron chi connectivity index (χ3n) is 7.57. The number of sulfonamides is 1. The summed E-state index contributed by atoms with van der Waals surface area (Å²) in [6, 6.07) is 7.24. The van der Waals surface area contributed by atoms with E-state index in [0.29, 0.717) is 17.9 Å². The van der Waals surface area contributed by atoms with Crippen molar-refractivity contribution < 1.29 is 35.1 Å². The second-order valence-corrected chi connectivity index (χ2v) is 14.1. The Kier molecular flexibility index (Phi) is 6.82. The van der Waals surface area contributed by atoms with Crippen LogP contribution in [0.2, 0.25) is 5.02 Å². The molecule has 2 aliphatic heterocycles. The van der Waals surface area contributed by atoms with E-state index in [4.69, 9.17) is 21.1 Å². The van der Waals surface area contributed by atoms with Gasteiger partial charge in [-0.15, -0.1) is 0 Å². The van der Waals surface area contributed by atoms with Gasteiger partial charge < -0.3 is 9.47 Å². The largest absolute Gasteiger partial charge is 0.490 e. The highest BCUT2D eigenvalue weighted by Gasteiger charge is 2.61. The number of fused-ring (bicyclic) bond motifs is 3. The number of nitrogens with one attached hydrogen (secondary N) is 1. The van der Waals surface area contributed by atoms with Gasteiger partial charge in [-0.25, -0.2) is 30.3 Å². The number of benzene rings is 2. The molecule has 2 aromatic carbocycles. The van der Waals surface area contributed by atoms with Crippen LogP contribution in [0.15, 0.2) is 41.3 Å². The highest BCUT2D eigenvalue weighted by Crippen LogP contribution is 2.55. The van der Waals surface area contributed by atoms with Crippen molar-refractivity contribution in [2.45, 2.75) is 53.1 Å². The summed E-state index contributed by atoms with van der Waals surface area (Å²) < 4.78 is 96.4. The Bertz CT molecular complexity index is 1360. The molecule has 2 fully saturated rings. The summed E-state index contributed by atoms with van der Waals surface area (Å²) in [5.74, 6) is -3.25. The van der Waals surface area contributed by atoms with Gasteiger partial charge >= 0.3 is 0 Å². The fourth-order valence-corrected chi connectivity index (χ4v) is 9.82. The second kappa shape index (κ2) is 9.50. The quantitative estimate of drug-likeness (QED) is 0.573. The first-order valence-corrected chi connectivity index (χ1v) is 15.2. The summed E-state index contributed by atoms with van der Waals surface area (Å²) in [7, 11) is -8.01. The first kappa shape index (κ1) is 25.8. The van der Waals surface area contributed by atoms with Gasteiger partial charge in [-0.3, -0.25) is 0 Å². The predicted molar refractivity (Wildman–Crippen MR) is 129 cm³/mol. The van der Waals surface area contributed by atoms with E-state index in [9.17, 15) is 21.2 Å². The van der Waals surface area contributed by atoms with Gasteiger partial charge in [0.1, 0.15) is 10.6 Å². The van der Waals surface area contributed by atoms with Gasteiger partial charge in [0, 0.05) is 24.1 Å². The first-order valence-electron chi connectivity index (χ1n) is 11.8. The Morgan fingerprint density at radius 3 is 2.36 bits per heavy atom. The van der Waals surface area contributed by atoms with Crippen LogP contribution in [0.4, 0.5) is 8.78 Å². The molecule has 1 N–H and O–H groups in total. The summed E-state index contributed by atoms with van der Waals surface area (Å²) >= 11 is 5.96. The van der Waals surface area contributed by atoms with Crippen LogP contribution in [-0.2, 0) is 29.3 Å². The van der Waals surface area contributed by atoms with Crippen molar-refractivity contribution in [3.8, 4) is 5.75 Å². The summed E-state index contributed by atoms with van der Waals surface area (Å²) in [5, 5.41) is -0.197. The van der Waals surface area contributed by atoms with E-state index in [1.807, 2.05) is 0 Å². The van der Waals surface area contributed by atoms with Crippen molar-refractivity contribution in [3.63, 3.8) is 0 Å². The summed E-state index contributed by atoms with van der Waals surface area (Å²) in [4.78, 5) is -0.111. The number of sulfone groups is 1. The van der Waals surface area contributed by atoms with Crippen molar-refractivity contribution in [1.82, 2.24) is 4.72 Å². The molecule has 3 aliphatic rings. The monoisotopic (exact) mass is 561 g/mol. The fourth-order valence-electron chi connectivity index (χ4n) is 5.77. The van der Waals surface area contributed by atoms with Crippen LogP contribution in [0.25, 0.3) is 0 Å². The maximum atomic E-state index is 15.4. The molecular weight excluding hydrogens is 536 g/mol. The van der Waals surface area contributed by atoms with Crippen LogP contribution in [0, 0.1) is 17.6 Å². The van der Waals surface area contributed by atoms with Crippen LogP contribution in [0.1, 0.15) is 37.7 Å². The lowest BCUT2D eigenvalue weighted by molar-refractivity contribution is -0.0688. The standard InChI is InChI=1S/C24H26ClF2NO6S2/c25-15-5-7-16(8-6-15)35(29,30)24-11-12-33-21(13-28-36(31,32)17-3-1-2-4-17)18(24)14-34-23-20(27)10-9-19(26)22(23)24/h5-10,17-18,21,28H,1-4,11-14H2/t18-,21-,24-/m0/s1. The van der Waals surface area contributed by atoms with E-state index in [-0.39, 0.29) is 36.6 Å². The van der Waals surface area contributed by atoms with Gasteiger partial charge in [-0.05, 0) is 55.7 Å². The van der Waals surface area contributed by atoms with E-state index in [0.717, 1.165) is 25.0 Å². The molecule has 0 amide bonds. The van der Waals surface area contributed by atoms with Gasteiger partial charge in [0.25, 0.3) is 0 Å². The molecule has 0 radical (unpaired) electrons. The Hall–Kier alpha value is -1.79. The maximum Gasteiger partial charge on any atom is 0.214 e. The van der Waals surface area contributed by atoms with E-state index in [2.05, 4.69) is 4.72 Å². The lowest BCUT2D eigenvalue weighted by atomic mass is 9.76. The molecule has 0 bridgehead atoms. The van der Waals surface area contributed by atoms with Gasteiger partial charge in [0.05, 0.1) is 28.4 Å². The van der Waals surface area contributed by atoms with Crippen molar-refractivity contribution in [1.29, 1.82) is 0 Å². The van der Waals surface area contributed by atoms with Crippen molar-refractivity contribution in [3.05, 3.63) is 58.6 Å². The number of hydrogen-bond acceptors (Lipinski definition) is 6. The van der Waals surface area contributed by atoms with Crippen molar-refractivity contribution >= 4 is 31.5 Å². The van der Waals surface area contributed by atoms with Crippen LogP contribution < -0.4 is 9.46 Å². The molecule has 1 saturated heterocycles. The summed E-state index contributed by atoms with van der Waals surface area (Å²) in [6.45, 7) is -0.610. The van der Waals surface area contributed by atoms with Crippen molar-refractivity contribution in [2.75, 3.05) is 19.8 Å². The zero-order chi connectivity index (χ0) is 25.7. The molecule has 2 aromatic rings. The molecule has 2 heterocycles. The first-order chi connectivity index (χ1) is 17.1. The zero-order valence-electron chi connectivity index (χ0n) is 19.3. The molecule has 5 rings (SSSR count). The fraction of sp³-hybridized carbons (Fsp3) is 0.500. The second-order valence-electron chi connectivity index (χ2n) is 9.46. The molecule has 36 heavy (non-hydrogen) atoms. The molecule has 7 nitrogen and oxygen atoms in total. The average Bonchev–Trinajstić information content (AvgIpc) is 3.41. The van der Waals surface area contributed by atoms with Gasteiger partial charge in [0.15, 0.2) is 21.4 Å². The molecule has 3 atom stereocenters. The topological polar surface area (TPSA) is 98.8 Å². The predicted octanol–water partition coefficient (Wildman–Crippen LogP) is 3.95. The van der Waals surface area contributed by atoms with Crippen LogP contribution in [-0.4, -0.2) is 47.9 Å². The Balaban J connectivity index is 1.60. The molecule has 1 aliphatic carbocycles. The van der Waals surface area contributed by atoms with Gasteiger partial charge in [-0.2, -0.15) is 0 Å². The third kappa shape index (κ3) is 4.13. The van der Waals surface area contributed by atoms with Crippen molar-refractivity contribution in [2.24, 2.45) is 5.92 Å². The van der Waals surface area contributed by atoms with Crippen LogP contribution in [0.5, 0.6) is 5.75 Å². The van der Waals surface area contributed by atoms with E-state index in [1.165, 1.54) is 24.3 Å². The normalized spacial score (nSPS) is 26.8. The summed E-state index contributed by atoms with van der Waals surface area (Å²) in [6.07, 6.45) is 1.65. The van der Waals surface area contributed by atoms with E-state index in [1.54, 1.807) is 0 Å². The smallest absolute Gasteiger partial charge is 0.214 e. The van der Waals surface area contributed by atoms with Crippen LogP contribution >= 0.6 is 11.6 Å².